The summed E-state index contributed by atoms with van der Waals surface area (Å²) < 4.78 is 5.31. The second-order valence-corrected chi connectivity index (χ2v) is 3.23. The normalized spacial score (nSPS) is 12.6. The van der Waals surface area contributed by atoms with Crippen molar-refractivity contribution in [2.24, 2.45) is 0 Å². The van der Waals surface area contributed by atoms with Crippen LogP contribution in [0.5, 0.6) is 0 Å². The minimum Gasteiger partial charge on any atom is -0.395 e. The third-order valence-corrected chi connectivity index (χ3v) is 2.17. The molecule has 1 unspecified atom stereocenters. The molecule has 0 aromatic rings. The molecule has 4 heteroatoms. The Hall–Kier alpha value is -0.610. The number of nitrogens with zero attached hydrogens (tertiary/aromatic N) is 1. The zero-order valence-electron chi connectivity index (χ0n) is 9.32. The summed E-state index contributed by atoms with van der Waals surface area (Å²) in [5.41, 5.74) is 0. The molecular formula is C10H21NO3. The van der Waals surface area contributed by atoms with Crippen LogP contribution in [-0.2, 0) is 9.53 Å². The van der Waals surface area contributed by atoms with Gasteiger partial charge < -0.3 is 14.7 Å². The molecule has 0 aliphatic heterocycles. The van der Waals surface area contributed by atoms with Gasteiger partial charge in [0.2, 0.25) is 5.91 Å². The number of ether oxygens (including phenoxy) is 1. The molecule has 0 aromatic heterocycles. The molecule has 0 fully saturated rings. The number of likely N-dealkylation sites (N-methyl/N-ethyl adjacent to an activating group) is 1. The lowest BCUT2D eigenvalue weighted by Crippen LogP contribution is -2.36. The number of rotatable bonds is 7. The summed E-state index contributed by atoms with van der Waals surface area (Å²) in [4.78, 5) is 13.1. The minimum atomic E-state index is -0.0538. The number of hydrogen-bond acceptors (Lipinski definition) is 3. The van der Waals surface area contributed by atoms with Crippen LogP contribution < -0.4 is 0 Å². The molecule has 0 saturated carbocycles. The van der Waals surface area contributed by atoms with Gasteiger partial charge in [-0.3, -0.25) is 4.79 Å². The molecule has 0 spiro atoms. The molecule has 0 aliphatic rings. The van der Waals surface area contributed by atoms with Crippen LogP contribution in [0, 0.1) is 0 Å². The van der Waals surface area contributed by atoms with Crippen molar-refractivity contribution in [2.75, 3.05) is 26.3 Å². The maximum absolute atomic E-state index is 11.5. The van der Waals surface area contributed by atoms with Gasteiger partial charge in [0.25, 0.3) is 0 Å². The van der Waals surface area contributed by atoms with Gasteiger partial charge in [0.05, 0.1) is 12.7 Å². The van der Waals surface area contributed by atoms with Crippen molar-refractivity contribution in [3.05, 3.63) is 0 Å². The van der Waals surface area contributed by atoms with E-state index in [1.807, 2.05) is 20.8 Å². The second-order valence-electron chi connectivity index (χ2n) is 3.23. The Labute approximate surface area is 85.9 Å². The van der Waals surface area contributed by atoms with Gasteiger partial charge in [-0.1, -0.05) is 6.92 Å². The molecule has 0 aromatic carbocycles. The number of aliphatic hydroxyl groups excluding tert-OH is 1. The average molecular weight is 203 g/mol. The molecule has 84 valence electrons. The monoisotopic (exact) mass is 203 g/mol. The summed E-state index contributed by atoms with van der Waals surface area (Å²) in [5.74, 6) is -0.0538. The summed E-state index contributed by atoms with van der Waals surface area (Å²) >= 11 is 0. The number of amides is 1. The predicted molar refractivity (Wildman–Crippen MR) is 55.0 cm³/mol. The predicted octanol–water partition coefficient (Wildman–Crippen LogP) is 0.642. The Morgan fingerprint density at radius 1 is 1.50 bits per heavy atom. The van der Waals surface area contributed by atoms with E-state index >= 15 is 0 Å². The third-order valence-electron chi connectivity index (χ3n) is 2.17. The van der Waals surface area contributed by atoms with Crippen molar-refractivity contribution >= 4 is 5.91 Å². The maximum atomic E-state index is 11.5. The average Bonchev–Trinajstić information content (AvgIpc) is 2.21. The molecule has 1 N–H and O–H groups in total. The van der Waals surface area contributed by atoms with Gasteiger partial charge in [-0.25, -0.2) is 0 Å². The molecule has 0 saturated heterocycles. The van der Waals surface area contributed by atoms with Gasteiger partial charge in [-0.05, 0) is 20.3 Å². The van der Waals surface area contributed by atoms with Crippen LogP contribution in [0.15, 0.2) is 0 Å². The molecule has 0 heterocycles. The number of aliphatic hydroxyl groups is 1. The van der Waals surface area contributed by atoms with E-state index in [2.05, 4.69) is 0 Å². The molecular weight excluding hydrogens is 182 g/mol. The van der Waals surface area contributed by atoms with E-state index in [0.29, 0.717) is 13.1 Å². The highest BCUT2D eigenvalue weighted by atomic mass is 16.5. The number of carbonyl (C=O) groups excluding carboxylic acids is 1. The van der Waals surface area contributed by atoms with Gasteiger partial charge >= 0.3 is 0 Å². The largest absolute Gasteiger partial charge is 0.395 e. The standard InChI is InChI=1S/C10H21NO3/c1-4-9(3)14-8-10(13)11(5-2)6-7-12/h9,12H,4-8H2,1-3H3. The molecule has 1 atom stereocenters. The van der Waals surface area contributed by atoms with Gasteiger partial charge in [0, 0.05) is 13.1 Å². The van der Waals surface area contributed by atoms with E-state index < -0.39 is 0 Å². The van der Waals surface area contributed by atoms with E-state index in [1.165, 1.54) is 0 Å². The van der Waals surface area contributed by atoms with E-state index in [0.717, 1.165) is 6.42 Å². The van der Waals surface area contributed by atoms with Crippen molar-refractivity contribution in [1.82, 2.24) is 4.90 Å². The highest BCUT2D eigenvalue weighted by molar-refractivity contribution is 5.77. The maximum Gasteiger partial charge on any atom is 0.248 e. The molecule has 4 nitrogen and oxygen atoms in total. The Morgan fingerprint density at radius 3 is 2.57 bits per heavy atom. The fourth-order valence-corrected chi connectivity index (χ4v) is 1.00. The van der Waals surface area contributed by atoms with Gasteiger partial charge in [0.1, 0.15) is 6.61 Å². The Bertz CT molecular complexity index is 161. The van der Waals surface area contributed by atoms with Crippen LogP contribution in [0.4, 0.5) is 0 Å². The number of hydrogen-bond donors (Lipinski definition) is 1. The first-order valence-electron chi connectivity index (χ1n) is 5.15. The summed E-state index contributed by atoms with van der Waals surface area (Å²) in [6, 6.07) is 0. The first kappa shape index (κ1) is 13.4. The lowest BCUT2D eigenvalue weighted by atomic mass is 10.3. The Morgan fingerprint density at radius 2 is 2.14 bits per heavy atom. The van der Waals surface area contributed by atoms with Crippen LogP contribution >= 0.6 is 0 Å². The zero-order chi connectivity index (χ0) is 11.0. The fourth-order valence-electron chi connectivity index (χ4n) is 1.00. The first-order valence-corrected chi connectivity index (χ1v) is 5.15. The molecule has 0 rings (SSSR count). The number of carbonyl (C=O) groups is 1. The minimum absolute atomic E-state index is 0.00289. The first-order chi connectivity index (χ1) is 6.65. The quantitative estimate of drug-likeness (QED) is 0.660. The van der Waals surface area contributed by atoms with Crippen LogP contribution in [0.2, 0.25) is 0 Å². The Kier molecular flexibility index (Phi) is 7.42. The summed E-state index contributed by atoms with van der Waals surface area (Å²) in [6.07, 6.45) is 1.02. The van der Waals surface area contributed by atoms with Crippen molar-refractivity contribution < 1.29 is 14.6 Å². The van der Waals surface area contributed by atoms with Gasteiger partial charge in [-0.2, -0.15) is 0 Å². The highest BCUT2D eigenvalue weighted by Crippen LogP contribution is 1.97. The Balaban J connectivity index is 3.80. The third kappa shape index (κ3) is 5.19. The van der Waals surface area contributed by atoms with Crippen molar-refractivity contribution in [3.8, 4) is 0 Å². The molecule has 0 radical (unpaired) electrons. The van der Waals surface area contributed by atoms with E-state index in [-0.39, 0.29) is 25.2 Å². The van der Waals surface area contributed by atoms with Crippen LogP contribution in [0.1, 0.15) is 27.2 Å². The van der Waals surface area contributed by atoms with Crippen LogP contribution in [0.3, 0.4) is 0 Å². The lowest BCUT2D eigenvalue weighted by molar-refractivity contribution is -0.138. The summed E-state index contributed by atoms with van der Waals surface area (Å²) in [6.45, 7) is 6.96. The van der Waals surface area contributed by atoms with E-state index in [1.54, 1.807) is 4.90 Å². The second kappa shape index (κ2) is 7.76. The molecule has 0 bridgehead atoms. The molecule has 1 amide bonds. The lowest BCUT2D eigenvalue weighted by Gasteiger charge is -2.20. The highest BCUT2D eigenvalue weighted by Gasteiger charge is 2.11. The van der Waals surface area contributed by atoms with Crippen molar-refractivity contribution in [1.29, 1.82) is 0 Å². The fraction of sp³-hybridized carbons (Fsp3) is 0.900. The zero-order valence-corrected chi connectivity index (χ0v) is 9.32. The van der Waals surface area contributed by atoms with E-state index in [9.17, 15) is 4.79 Å². The molecule has 0 aliphatic carbocycles. The smallest absolute Gasteiger partial charge is 0.248 e. The van der Waals surface area contributed by atoms with Crippen molar-refractivity contribution in [2.45, 2.75) is 33.3 Å². The van der Waals surface area contributed by atoms with Crippen LogP contribution in [0.25, 0.3) is 0 Å². The van der Waals surface area contributed by atoms with Gasteiger partial charge in [0.15, 0.2) is 0 Å². The van der Waals surface area contributed by atoms with Crippen molar-refractivity contribution in [3.63, 3.8) is 0 Å². The van der Waals surface area contributed by atoms with Crippen LogP contribution in [-0.4, -0.2) is 48.3 Å². The van der Waals surface area contributed by atoms with Gasteiger partial charge in [-0.15, -0.1) is 0 Å². The topological polar surface area (TPSA) is 49.8 Å². The molecule has 14 heavy (non-hydrogen) atoms. The SMILES string of the molecule is CCC(C)OCC(=O)N(CC)CCO. The van der Waals surface area contributed by atoms with E-state index in [4.69, 9.17) is 9.84 Å². The summed E-state index contributed by atoms with van der Waals surface area (Å²) in [7, 11) is 0. The summed E-state index contributed by atoms with van der Waals surface area (Å²) in [5, 5.41) is 8.71.